The van der Waals surface area contributed by atoms with Crippen LogP contribution in [0.1, 0.15) is 57.2 Å². The second kappa shape index (κ2) is 15.5. The fourth-order valence-corrected chi connectivity index (χ4v) is 6.73. The number of hydrogen-bond donors (Lipinski definition) is 4. The summed E-state index contributed by atoms with van der Waals surface area (Å²) in [7, 11) is 2.57. The standard InChI is InChI=1S/C37H44N8O6/c1-22(2)32(43-37(49)51-4)35(47)45-18-6-8-30(45)33-39-20-29(41-33)26-15-11-24(12-16-26)23-9-13-25(14-10-23)28-19-38-31(40-28)21-44-17-5-7-27(34(44)46)42-36(48)50-3/h9-16,19-20,22,27,30,32H,5-8,17-18,21H2,1-4H3,(H,38,40)(H,39,41)(H,42,48)(H,43,49)/t27?,30-,32?/m0/s1. The average molecular weight is 697 g/mol. The number of hydrogen-bond acceptors (Lipinski definition) is 8. The van der Waals surface area contributed by atoms with E-state index in [0.717, 1.165) is 58.7 Å². The van der Waals surface area contributed by atoms with Crippen molar-refractivity contribution in [3.63, 3.8) is 0 Å². The fraction of sp³-hybridized carbons (Fsp3) is 0.405. The first-order valence-corrected chi connectivity index (χ1v) is 17.2. The topological polar surface area (TPSA) is 175 Å². The van der Waals surface area contributed by atoms with Gasteiger partial charge in [-0.05, 0) is 53.9 Å². The van der Waals surface area contributed by atoms with Gasteiger partial charge in [0.25, 0.3) is 0 Å². The van der Waals surface area contributed by atoms with Gasteiger partial charge in [0.15, 0.2) is 0 Å². The van der Waals surface area contributed by atoms with Crippen LogP contribution in [0, 0.1) is 5.92 Å². The summed E-state index contributed by atoms with van der Waals surface area (Å²) in [5.74, 6) is 1.00. The number of alkyl carbamates (subject to hydrolysis) is 2. The van der Waals surface area contributed by atoms with Gasteiger partial charge in [0.2, 0.25) is 11.8 Å². The molecule has 0 aliphatic carbocycles. The van der Waals surface area contributed by atoms with E-state index in [1.54, 1.807) is 22.2 Å². The van der Waals surface area contributed by atoms with Gasteiger partial charge >= 0.3 is 12.2 Å². The average Bonchev–Trinajstić information content (AvgIpc) is 3.94. The molecule has 3 atom stereocenters. The first-order chi connectivity index (χ1) is 24.6. The highest BCUT2D eigenvalue weighted by molar-refractivity contribution is 5.87. The van der Waals surface area contributed by atoms with E-state index in [1.165, 1.54) is 14.2 Å². The van der Waals surface area contributed by atoms with Crippen LogP contribution in [0.2, 0.25) is 0 Å². The Morgan fingerprint density at radius 2 is 1.41 bits per heavy atom. The Labute approximate surface area is 296 Å². The smallest absolute Gasteiger partial charge is 0.407 e. The van der Waals surface area contributed by atoms with Crippen molar-refractivity contribution < 1.29 is 28.7 Å². The minimum Gasteiger partial charge on any atom is -0.453 e. The van der Waals surface area contributed by atoms with Gasteiger partial charge in [0, 0.05) is 13.1 Å². The van der Waals surface area contributed by atoms with Crippen LogP contribution in [0.15, 0.2) is 60.9 Å². The lowest BCUT2D eigenvalue weighted by Gasteiger charge is -2.31. The molecular weight excluding hydrogens is 652 g/mol. The molecule has 2 aliphatic rings. The molecule has 4 N–H and O–H groups in total. The predicted molar refractivity (Wildman–Crippen MR) is 189 cm³/mol. The van der Waals surface area contributed by atoms with E-state index in [0.29, 0.717) is 31.9 Å². The molecule has 4 amide bonds. The summed E-state index contributed by atoms with van der Waals surface area (Å²) in [6.07, 6.45) is 5.31. The van der Waals surface area contributed by atoms with Gasteiger partial charge in [-0.15, -0.1) is 0 Å². The Morgan fingerprint density at radius 3 is 2.04 bits per heavy atom. The van der Waals surface area contributed by atoms with Gasteiger partial charge < -0.3 is 39.9 Å². The van der Waals surface area contributed by atoms with E-state index in [2.05, 4.69) is 59.6 Å². The number of imidazole rings is 2. The molecule has 2 saturated heterocycles. The third kappa shape index (κ3) is 7.89. The Hall–Kier alpha value is -5.66. The molecule has 6 rings (SSSR count). The molecule has 268 valence electrons. The summed E-state index contributed by atoms with van der Waals surface area (Å²) in [5, 5.41) is 5.30. The summed E-state index contributed by atoms with van der Waals surface area (Å²) in [5.41, 5.74) is 5.75. The quantitative estimate of drug-likeness (QED) is 0.179. The van der Waals surface area contributed by atoms with Crippen molar-refractivity contribution >= 4 is 24.0 Å². The number of amides is 4. The van der Waals surface area contributed by atoms with Gasteiger partial charge in [-0.25, -0.2) is 19.6 Å². The van der Waals surface area contributed by atoms with Crippen molar-refractivity contribution in [1.29, 1.82) is 0 Å². The summed E-state index contributed by atoms with van der Waals surface area (Å²) < 4.78 is 9.39. The van der Waals surface area contributed by atoms with Crippen molar-refractivity contribution in [2.45, 2.75) is 64.2 Å². The highest BCUT2D eigenvalue weighted by Crippen LogP contribution is 2.33. The van der Waals surface area contributed by atoms with Gasteiger partial charge in [-0.1, -0.05) is 62.4 Å². The maximum absolute atomic E-state index is 13.5. The van der Waals surface area contributed by atoms with Crippen molar-refractivity contribution in [1.82, 2.24) is 40.4 Å². The molecule has 0 radical (unpaired) electrons. The molecule has 0 spiro atoms. The Morgan fingerprint density at radius 1 is 0.824 bits per heavy atom. The number of methoxy groups -OCH3 is 2. The van der Waals surface area contributed by atoms with Gasteiger partial charge in [-0.3, -0.25) is 9.59 Å². The van der Waals surface area contributed by atoms with E-state index in [-0.39, 0.29) is 23.8 Å². The second-order valence-electron chi connectivity index (χ2n) is 13.2. The molecular formula is C37H44N8O6. The Bertz CT molecular complexity index is 1850. The minimum atomic E-state index is -0.685. The van der Waals surface area contributed by atoms with Crippen LogP contribution in [0.4, 0.5) is 9.59 Å². The van der Waals surface area contributed by atoms with E-state index in [9.17, 15) is 19.2 Å². The molecule has 2 aromatic carbocycles. The van der Waals surface area contributed by atoms with Crippen LogP contribution in [-0.2, 0) is 25.6 Å². The van der Waals surface area contributed by atoms with Crippen molar-refractivity contribution in [3.8, 4) is 33.6 Å². The number of H-pyrrole nitrogens is 2. The molecule has 4 heterocycles. The summed E-state index contributed by atoms with van der Waals surface area (Å²) in [6.45, 7) is 5.31. The molecule has 0 saturated carbocycles. The van der Waals surface area contributed by atoms with E-state index < -0.39 is 24.3 Å². The lowest BCUT2D eigenvalue weighted by atomic mass is 10.0. The first-order valence-electron chi connectivity index (χ1n) is 17.2. The molecule has 2 fully saturated rings. The molecule has 0 bridgehead atoms. The zero-order valence-corrected chi connectivity index (χ0v) is 29.3. The van der Waals surface area contributed by atoms with Crippen LogP contribution < -0.4 is 10.6 Å². The number of aromatic nitrogens is 4. The van der Waals surface area contributed by atoms with Crippen molar-refractivity contribution in [3.05, 3.63) is 72.6 Å². The Kier molecular flexibility index (Phi) is 10.7. The zero-order chi connectivity index (χ0) is 36.1. The summed E-state index contributed by atoms with van der Waals surface area (Å²) >= 11 is 0. The number of likely N-dealkylation sites (tertiary alicyclic amines) is 2. The molecule has 2 unspecified atom stereocenters. The molecule has 2 aromatic heterocycles. The van der Waals surface area contributed by atoms with Crippen LogP contribution >= 0.6 is 0 Å². The number of rotatable bonds is 10. The number of ether oxygens (including phenoxy) is 2. The normalized spacial score (nSPS) is 18.1. The summed E-state index contributed by atoms with van der Waals surface area (Å²) in [4.78, 5) is 69.3. The number of nitrogens with one attached hydrogen (secondary N) is 4. The highest BCUT2D eigenvalue weighted by atomic mass is 16.5. The molecule has 14 nitrogen and oxygen atoms in total. The highest BCUT2D eigenvalue weighted by Gasteiger charge is 2.37. The molecule has 14 heteroatoms. The number of aromatic amines is 2. The zero-order valence-electron chi connectivity index (χ0n) is 29.3. The molecule has 4 aromatic rings. The lowest BCUT2D eigenvalue weighted by molar-refractivity contribution is -0.136. The third-order valence-electron chi connectivity index (χ3n) is 9.54. The largest absolute Gasteiger partial charge is 0.453 e. The molecule has 51 heavy (non-hydrogen) atoms. The van der Waals surface area contributed by atoms with Crippen molar-refractivity contribution in [2.24, 2.45) is 5.92 Å². The van der Waals surface area contributed by atoms with Crippen LogP contribution in [0.3, 0.4) is 0 Å². The fourth-order valence-electron chi connectivity index (χ4n) is 6.73. The maximum Gasteiger partial charge on any atom is 0.407 e. The summed E-state index contributed by atoms with van der Waals surface area (Å²) in [6, 6.07) is 14.9. The van der Waals surface area contributed by atoms with Gasteiger partial charge in [0.05, 0.1) is 50.6 Å². The van der Waals surface area contributed by atoms with Crippen LogP contribution in [0.25, 0.3) is 33.6 Å². The van der Waals surface area contributed by atoms with E-state index >= 15 is 0 Å². The lowest BCUT2D eigenvalue weighted by Crippen LogP contribution is -2.51. The van der Waals surface area contributed by atoms with Gasteiger partial charge in [-0.2, -0.15) is 0 Å². The number of carbonyl (C=O) groups is 4. The maximum atomic E-state index is 13.5. The van der Waals surface area contributed by atoms with E-state index in [4.69, 9.17) is 4.74 Å². The number of benzene rings is 2. The number of piperidine rings is 1. The number of carbonyl (C=O) groups excluding carboxylic acids is 4. The number of nitrogens with zero attached hydrogens (tertiary/aromatic N) is 4. The second-order valence-corrected chi connectivity index (χ2v) is 13.2. The monoisotopic (exact) mass is 696 g/mol. The SMILES string of the molecule is COC(=O)NC1CCCN(Cc2ncc(-c3ccc(-c4ccc(-c5cnc([C@@H]6CCCN6C(=O)C(NC(=O)OC)C(C)C)[nH]5)cc4)cc3)[nH]2)C1=O. The van der Waals surface area contributed by atoms with Crippen molar-refractivity contribution in [2.75, 3.05) is 27.3 Å². The third-order valence-corrected chi connectivity index (χ3v) is 9.54. The van der Waals surface area contributed by atoms with E-state index in [1.807, 2.05) is 38.1 Å². The first kappa shape index (κ1) is 35.2. The minimum absolute atomic E-state index is 0.102. The van der Waals surface area contributed by atoms with Crippen LogP contribution in [-0.4, -0.2) is 93.1 Å². The molecule has 2 aliphatic heterocycles. The predicted octanol–water partition coefficient (Wildman–Crippen LogP) is 5.02. The van der Waals surface area contributed by atoms with Crippen LogP contribution in [0.5, 0.6) is 0 Å². The Balaban J connectivity index is 1.08. The van der Waals surface area contributed by atoms with Gasteiger partial charge in [0.1, 0.15) is 23.7 Å².